The molecular weight excluding hydrogens is 188 g/mol. The van der Waals surface area contributed by atoms with Crippen molar-refractivity contribution in [3.63, 3.8) is 0 Å². The fraction of sp³-hybridized carbons (Fsp3) is 1.00. The number of hydrogen-bond acceptors (Lipinski definition) is 0. The first-order chi connectivity index (χ1) is 4.31. The second-order valence-electron chi connectivity index (χ2n) is 1.95. The van der Waals surface area contributed by atoms with Gasteiger partial charge in [0.1, 0.15) is 0 Å². The fourth-order valence-electron chi connectivity index (χ4n) is 0.456. The molecule has 0 bridgehead atoms. The summed E-state index contributed by atoms with van der Waals surface area (Å²) in [5.41, 5.74) is 0. The summed E-state index contributed by atoms with van der Waals surface area (Å²) in [6.45, 7) is 1.54. The molecule has 10 heavy (non-hydrogen) atoms. The lowest BCUT2D eigenvalue weighted by Gasteiger charge is -2.21. The highest BCUT2D eigenvalue weighted by molar-refractivity contribution is 6.32. The van der Waals surface area contributed by atoms with Crippen LogP contribution in [-0.4, -0.2) is 10.5 Å². The van der Waals surface area contributed by atoms with E-state index in [2.05, 4.69) is 11.6 Å². The van der Waals surface area contributed by atoms with E-state index in [9.17, 15) is 13.2 Å². The molecule has 5 heteroatoms. The number of hydrogen-bond donors (Lipinski definition) is 0. The van der Waals surface area contributed by atoms with Crippen molar-refractivity contribution >= 4 is 23.2 Å². The normalized spacial score (nSPS) is 18.6. The van der Waals surface area contributed by atoms with Gasteiger partial charge in [-0.25, -0.2) is 4.39 Å². The highest BCUT2D eigenvalue weighted by Crippen LogP contribution is 2.42. The minimum absolute atomic E-state index is 0.225. The molecule has 0 aromatic carbocycles. The van der Waals surface area contributed by atoms with E-state index in [4.69, 9.17) is 11.6 Å². The highest BCUT2D eigenvalue weighted by atomic mass is 35.5. The summed E-state index contributed by atoms with van der Waals surface area (Å²) in [5, 5.41) is -7.09. The molecule has 0 saturated carbocycles. The molecule has 0 aliphatic heterocycles. The van der Waals surface area contributed by atoms with Crippen molar-refractivity contribution < 1.29 is 13.2 Å². The van der Waals surface area contributed by atoms with Gasteiger partial charge < -0.3 is 0 Å². The summed E-state index contributed by atoms with van der Waals surface area (Å²) >= 11 is 9.13. The largest absolute Gasteiger partial charge is 0.368 e. The summed E-state index contributed by atoms with van der Waals surface area (Å²) < 4.78 is 36.4. The Morgan fingerprint density at radius 2 is 1.60 bits per heavy atom. The molecule has 0 fully saturated rings. The minimum Gasteiger partial charge on any atom is -0.218 e. The quantitative estimate of drug-likeness (QED) is 0.604. The molecule has 0 unspecified atom stereocenters. The first-order valence-corrected chi connectivity index (χ1v) is 3.51. The number of rotatable bonds is 3. The zero-order valence-corrected chi connectivity index (χ0v) is 6.82. The van der Waals surface area contributed by atoms with Crippen molar-refractivity contribution in [2.75, 3.05) is 0 Å². The minimum atomic E-state index is -3.98. The molecule has 0 rings (SSSR count). The molecule has 0 aliphatic carbocycles. The van der Waals surface area contributed by atoms with Crippen molar-refractivity contribution in [2.24, 2.45) is 0 Å². The number of halogens is 5. The molecule has 0 nitrogen and oxygen atoms in total. The molecule has 0 aromatic rings. The van der Waals surface area contributed by atoms with Gasteiger partial charge in [0.2, 0.25) is 0 Å². The van der Waals surface area contributed by atoms with Gasteiger partial charge in [0.15, 0.2) is 0 Å². The van der Waals surface area contributed by atoms with Crippen LogP contribution in [0.15, 0.2) is 0 Å². The van der Waals surface area contributed by atoms with E-state index in [1.54, 1.807) is 6.92 Å². The van der Waals surface area contributed by atoms with Crippen molar-refractivity contribution in [1.82, 2.24) is 0 Å². The van der Waals surface area contributed by atoms with Gasteiger partial charge in [-0.1, -0.05) is 24.9 Å². The molecule has 0 spiro atoms. The Morgan fingerprint density at radius 3 is 1.70 bits per heavy atom. The van der Waals surface area contributed by atoms with E-state index in [1.165, 1.54) is 0 Å². The summed E-state index contributed by atoms with van der Waals surface area (Å²) in [7, 11) is 0. The van der Waals surface area contributed by atoms with Crippen LogP contribution in [0.4, 0.5) is 13.2 Å². The Kier molecular flexibility index (Phi) is 3.30. The monoisotopic (exact) mass is 194 g/mol. The third kappa shape index (κ3) is 2.54. The SMILES string of the molecule is CCC[C@](F)(Cl)C(F)(F)Cl. The van der Waals surface area contributed by atoms with Crippen molar-refractivity contribution in [3.05, 3.63) is 0 Å². The molecule has 0 aromatic heterocycles. The molecule has 0 heterocycles. The predicted octanol–water partition coefficient (Wildman–Crippen LogP) is 3.52. The number of alkyl halides is 5. The molecular formula is C5H7Cl2F3. The lowest BCUT2D eigenvalue weighted by molar-refractivity contribution is -0.0241. The standard InChI is InChI=1S/C5H7Cl2F3/c1-2-3-4(6,8)5(7,9)10/h2-3H2,1H3/t4-/m1/s1. The van der Waals surface area contributed by atoms with Crippen LogP contribution in [0.5, 0.6) is 0 Å². The molecule has 0 radical (unpaired) electrons. The van der Waals surface area contributed by atoms with Crippen LogP contribution >= 0.6 is 23.2 Å². The Hall–Kier alpha value is 0.370. The molecule has 0 saturated heterocycles. The van der Waals surface area contributed by atoms with E-state index in [0.29, 0.717) is 0 Å². The Morgan fingerprint density at radius 1 is 1.20 bits per heavy atom. The molecule has 0 aliphatic rings. The molecule has 0 amide bonds. The molecule has 62 valence electrons. The summed E-state index contributed by atoms with van der Waals surface area (Å²) in [6.07, 6.45) is -0.229. The topological polar surface area (TPSA) is 0 Å². The van der Waals surface area contributed by atoms with Crippen LogP contribution in [0.1, 0.15) is 19.8 Å². The maximum atomic E-state index is 12.5. The van der Waals surface area contributed by atoms with Gasteiger partial charge in [-0.2, -0.15) is 8.78 Å². The average molecular weight is 195 g/mol. The summed E-state index contributed by atoms with van der Waals surface area (Å²) in [5.74, 6) is 0. The maximum Gasteiger partial charge on any atom is 0.368 e. The first kappa shape index (κ1) is 10.4. The van der Waals surface area contributed by atoms with Crippen LogP contribution in [0.25, 0.3) is 0 Å². The van der Waals surface area contributed by atoms with E-state index in [1.807, 2.05) is 0 Å². The Balaban J connectivity index is 4.10. The van der Waals surface area contributed by atoms with Gasteiger partial charge in [0.05, 0.1) is 0 Å². The summed E-state index contributed by atoms with van der Waals surface area (Å²) in [4.78, 5) is 0. The summed E-state index contributed by atoms with van der Waals surface area (Å²) in [6, 6.07) is 0. The smallest absolute Gasteiger partial charge is 0.218 e. The second kappa shape index (κ2) is 3.18. The van der Waals surface area contributed by atoms with E-state index < -0.39 is 16.9 Å². The predicted molar refractivity (Wildman–Crippen MR) is 35.4 cm³/mol. The van der Waals surface area contributed by atoms with Gasteiger partial charge in [0, 0.05) is 6.42 Å². The lowest BCUT2D eigenvalue weighted by atomic mass is 10.2. The first-order valence-electron chi connectivity index (χ1n) is 2.76. The maximum absolute atomic E-state index is 12.5. The van der Waals surface area contributed by atoms with Crippen LogP contribution in [0.2, 0.25) is 0 Å². The van der Waals surface area contributed by atoms with Gasteiger partial charge in [-0.15, -0.1) is 0 Å². The lowest BCUT2D eigenvalue weighted by Crippen LogP contribution is -2.33. The fourth-order valence-corrected chi connectivity index (χ4v) is 0.739. The van der Waals surface area contributed by atoms with Crippen LogP contribution < -0.4 is 0 Å². The van der Waals surface area contributed by atoms with Crippen molar-refractivity contribution in [2.45, 2.75) is 30.3 Å². The Labute approximate surface area is 67.3 Å². The van der Waals surface area contributed by atoms with Crippen molar-refractivity contribution in [1.29, 1.82) is 0 Å². The molecule has 1 atom stereocenters. The van der Waals surface area contributed by atoms with Gasteiger partial charge in [0.25, 0.3) is 5.13 Å². The van der Waals surface area contributed by atoms with Crippen molar-refractivity contribution in [3.8, 4) is 0 Å². The average Bonchev–Trinajstić information content (AvgIpc) is 1.61. The van der Waals surface area contributed by atoms with Crippen LogP contribution in [0, 0.1) is 0 Å². The second-order valence-corrected chi connectivity index (χ2v) is 3.03. The van der Waals surface area contributed by atoms with E-state index in [-0.39, 0.29) is 6.42 Å². The zero-order chi connectivity index (χ0) is 8.41. The van der Waals surface area contributed by atoms with E-state index in [0.717, 1.165) is 0 Å². The highest BCUT2D eigenvalue weighted by Gasteiger charge is 2.51. The third-order valence-corrected chi connectivity index (χ3v) is 1.80. The molecule has 0 N–H and O–H groups in total. The van der Waals surface area contributed by atoms with Gasteiger partial charge in [-0.3, -0.25) is 0 Å². The third-order valence-electron chi connectivity index (χ3n) is 0.979. The van der Waals surface area contributed by atoms with E-state index >= 15 is 0 Å². The van der Waals surface area contributed by atoms with Gasteiger partial charge in [-0.05, 0) is 11.6 Å². The van der Waals surface area contributed by atoms with Crippen LogP contribution in [-0.2, 0) is 0 Å². The zero-order valence-electron chi connectivity index (χ0n) is 5.30. The van der Waals surface area contributed by atoms with Gasteiger partial charge >= 0.3 is 5.38 Å². The van der Waals surface area contributed by atoms with Crippen LogP contribution in [0.3, 0.4) is 0 Å². The Bertz CT molecular complexity index is 108.